The van der Waals surface area contributed by atoms with Crippen LogP contribution in [0.1, 0.15) is 6.42 Å². The summed E-state index contributed by atoms with van der Waals surface area (Å²) in [6.07, 6.45) is 2.13. The smallest absolute Gasteiger partial charge is 0.242 e. The number of nitrogens with zero attached hydrogens (tertiary/aromatic N) is 2. The maximum atomic E-state index is 8.61. The molecule has 0 aliphatic rings. The van der Waals surface area contributed by atoms with Gasteiger partial charge in [0, 0.05) is 13.0 Å². The van der Waals surface area contributed by atoms with Crippen LogP contribution >= 0.6 is 0 Å². The predicted octanol–water partition coefficient (Wildman–Crippen LogP) is 0.301. The molecule has 0 saturated carbocycles. The second-order valence-electron chi connectivity index (χ2n) is 3.12. The van der Waals surface area contributed by atoms with E-state index in [2.05, 4.69) is 15.2 Å². The number of rotatable bonds is 4. The van der Waals surface area contributed by atoms with Crippen LogP contribution in [0.25, 0.3) is 11.0 Å². The number of aromatic nitrogens is 3. The number of hydrogen-bond donors (Lipinski definition) is 3. The molecule has 2 aromatic rings. The van der Waals surface area contributed by atoms with Gasteiger partial charge in [-0.15, -0.1) is 5.10 Å². The van der Waals surface area contributed by atoms with Crippen molar-refractivity contribution in [2.45, 2.75) is 6.42 Å². The lowest BCUT2D eigenvalue weighted by molar-refractivity contribution is 0.230. The van der Waals surface area contributed by atoms with Crippen molar-refractivity contribution in [1.82, 2.24) is 15.2 Å². The number of nitrogens with two attached hydrogens (primary N) is 1. The van der Waals surface area contributed by atoms with Crippen LogP contribution in [0, 0.1) is 0 Å². The van der Waals surface area contributed by atoms with Crippen LogP contribution in [0.15, 0.2) is 12.3 Å². The van der Waals surface area contributed by atoms with Gasteiger partial charge in [-0.3, -0.25) is 5.10 Å². The number of anilines is 1. The molecule has 2 heterocycles. The molecule has 0 radical (unpaired) electrons. The third-order valence-electron chi connectivity index (χ3n) is 1.94. The van der Waals surface area contributed by atoms with E-state index in [1.54, 1.807) is 12.3 Å². The quantitative estimate of drug-likeness (QED) is 0.628. The monoisotopic (exact) mass is 208 g/mol. The van der Waals surface area contributed by atoms with E-state index in [-0.39, 0.29) is 6.61 Å². The van der Waals surface area contributed by atoms with Crippen molar-refractivity contribution in [1.29, 1.82) is 0 Å². The number of nitrogens with one attached hydrogen (secondary N) is 1. The molecule has 4 N–H and O–H groups in total. The van der Waals surface area contributed by atoms with Gasteiger partial charge in [-0.05, 0) is 6.07 Å². The first kappa shape index (κ1) is 9.72. The maximum absolute atomic E-state index is 8.61. The molecule has 0 bridgehead atoms. The Kier molecular flexibility index (Phi) is 2.68. The number of pyridine rings is 1. The average Bonchev–Trinajstić information content (AvgIpc) is 2.62. The molecule has 2 rings (SSSR count). The van der Waals surface area contributed by atoms with Crippen molar-refractivity contribution in [3.63, 3.8) is 0 Å². The van der Waals surface area contributed by atoms with Gasteiger partial charge in [-0.1, -0.05) is 0 Å². The van der Waals surface area contributed by atoms with E-state index in [0.29, 0.717) is 30.2 Å². The molecule has 0 fully saturated rings. The fraction of sp³-hybridized carbons (Fsp3) is 0.333. The molecular formula is C9H12N4O2. The Bertz CT molecular complexity index is 454. The zero-order valence-electron chi connectivity index (χ0n) is 8.10. The number of ether oxygens (including phenoxy) is 1. The Morgan fingerprint density at radius 1 is 1.53 bits per heavy atom. The number of nitrogen functional groups attached to an aromatic ring is 1. The lowest BCUT2D eigenvalue weighted by Crippen LogP contribution is -2.00. The van der Waals surface area contributed by atoms with Crippen molar-refractivity contribution in [3.8, 4) is 5.88 Å². The zero-order chi connectivity index (χ0) is 10.7. The third-order valence-corrected chi connectivity index (χ3v) is 1.94. The Balaban J connectivity index is 2.23. The Morgan fingerprint density at radius 3 is 3.20 bits per heavy atom. The lowest BCUT2D eigenvalue weighted by atomic mass is 10.3. The first-order valence-electron chi connectivity index (χ1n) is 4.64. The van der Waals surface area contributed by atoms with Crippen LogP contribution in [-0.2, 0) is 0 Å². The van der Waals surface area contributed by atoms with Crippen LogP contribution in [-0.4, -0.2) is 33.5 Å². The van der Waals surface area contributed by atoms with Gasteiger partial charge in [0.2, 0.25) is 5.88 Å². The van der Waals surface area contributed by atoms with Crippen molar-refractivity contribution >= 4 is 16.7 Å². The normalized spacial score (nSPS) is 10.7. The van der Waals surface area contributed by atoms with E-state index in [1.807, 2.05) is 0 Å². The Labute approximate surface area is 86.1 Å². The van der Waals surface area contributed by atoms with Crippen molar-refractivity contribution in [2.24, 2.45) is 0 Å². The minimum atomic E-state index is 0.0999. The highest BCUT2D eigenvalue weighted by Crippen LogP contribution is 2.22. The highest BCUT2D eigenvalue weighted by molar-refractivity contribution is 5.83. The van der Waals surface area contributed by atoms with Gasteiger partial charge in [0.1, 0.15) is 0 Å². The molecule has 0 spiro atoms. The van der Waals surface area contributed by atoms with E-state index in [9.17, 15) is 0 Å². The average molecular weight is 208 g/mol. The van der Waals surface area contributed by atoms with Gasteiger partial charge in [-0.2, -0.15) is 0 Å². The molecular weight excluding hydrogens is 196 g/mol. The van der Waals surface area contributed by atoms with Gasteiger partial charge >= 0.3 is 0 Å². The summed E-state index contributed by atoms with van der Waals surface area (Å²) in [4.78, 5) is 4.06. The SMILES string of the molecule is Nc1cnc2[nH]nc(OCCCO)c2c1. The van der Waals surface area contributed by atoms with Gasteiger partial charge in [0.25, 0.3) is 0 Å². The number of aromatic amines is 1. The second kappa shape index (κ2) is 4.14. The summed E-state index contributed by atoms with van der Waals surface area (Å²) in [5.41, 5.74) is 6.81. The summed E-state index contributed by atoms with van der Waals surface area (Å²) in [5, 5.41) is 16.1. The number of hydrogen-bond acceptors (Lipinski definition) is 5. The zero-order valence-corrected chi connectivity index (χ0v) is 8.10. The highest BCUT2D eigenvalue weighted by Gasteiger charge is 2.07. The molecule has 0 aliphatic heterocycles. The number of aliphatic hydroxyl groups is 1. The number of aliphatic hydroxyl groups excluding tert-OH is 1. The molecule has 0 aliphatic carbocycles. The Morgan fingerprint density at radius 2 is 2.40 bits per heavy atom. The standard InChI is InChI=1S/C9H12N4O2/c10-6-4-7-8(11-5-6)12-13-9(7)15-3-1-2-14/h4-5,14H,1-3,10H2,(H,11,12,13). The van der Waals surface area contributed by atoms with E-state index in [1.165, 1.54) is 0 Å². The fourth-order valence-corrected chi connectivity index (χ4v) is 1.24. The largest absolute Gasteiger partial charge is 0.476 e. The number of fused-ring (bicyclic) bond motifs is 1. The molecule has 0 amide bonds. The van der Waals surface area contributed by atoms with Crippen LogP contribution in [0.2, 0.25) is 0 Å². The molecule has 2 aromatic heterocycles. The summed E-state index contributed by atoms with van der Waals surface area (Å²) in [5.74, 6) is 0.471. The molecule has 0 atom stereocenters. The fourth-order valence-electron chi connectivity index (χ4n) is 1.24. The summed E-state index contributed by atoms with van der Waals surface area (Å²) >= 11 is 0. The molecule has 80 valence electrons. The van der Waals surface area contributed by atoms with Gasteiger partial charge in [0.05, 0.1) is 23.9 Å². The first-order chi connectivity index (χ1) is 7.31. The highest BCUT2D eigenvalue weighted by atomic mass is 16.5. The molecule has 6 heteroatoms. The van der Waals surface area contributed by atoms with Crippen LogP contribution in [0.4, 0.5) is 5.69 Å². The maximum Gasteiger partial charge on any atom is 0.242 e. The molecule has 6 nitrogen and oxygen atoms in total. The second-order valence-corrected chi connectivity index (χ2v) is 3.12. The summed E-state index contributed by atoms with van der Waals surface area (Å²) in [6, 6.07) is 1.75. The lowest BCUT2D eigenvalue weighted by Gasteiger charge is -2.00. The van der Waals surface area contributed by atoms with E-state index >= 15 is 0 Å². The summed E-state index contributed by atoms with van der Waals surface area (Å²) < 4.78 is 5.36. The minimum absolute atomic E-state index is 0.0999. The van der Waals surface area contributed by atoms with Crippen LogP contribution in [0.5, 0.6) is 5.88 Å². The number of H-pyrrole nitrogens is 1. The summed E-state index contributed by atoms with van der Waals surface area (Å²) in [7, 11) is 0. The molecule has 15 heavy (non-hydrogen) atoms. The van der Waals surface area contributed by atoms with E-state index in [0.717, 1.165) is 5.39 Å². The molecule has 0 unspecified atom stereocenters. The minimum Gasteiger partial charge on any atom is -0.476 e. The van der Waals surface area contributed by atoms with Crippen molar-refractivity contribution < 1.29 is 9.84 Å². The topological polar surface area (TPSA) is 97.1 Å². The first-order valence-corrected chi connectivity index (χ1v) is 4.64. The van der Waals surface area contributed by atoms with Gasteiger partial charge < -0.3 is 15.6 Å². The van der Waals surface area contributed by atoms with Crippen LogP contribution < -0.4 is 10.5 Å². The third kappa shape index (κ3) is 1.99. The van der Waals surface area contributed by atoms with Gasteiger partial charge in [0.15, 0.2) is 5.65 Å². The van der Waals surface area contributed by atoms with Gasteiger partial charge in [-0.25, -0.2) is 4.98 Å². The predicted molar refractivity (Wildman–Crippen MR) is 55.5 cm³/mol. The van der Waals surface area contributed by atoms with Crippen molar-refractivity contribution in [2.75, 3.05) is 18.9 Å². The Hall–Kier alpha value is -1.82. The van der Waals surface area contributed by atoms with Crippen molar-refractivity contribution in [3.05, 3.63) is 12.3 Å². The molecule has 0 saturated heterocycles. The van der Waals surface area contributed by atoms with E-state index in [4.69, 9.17) is 15.6 Å². The van der Waals surface area contributed by atoms with Crippen LogP contribution in [0.3, 0.4) is 0 Å². The van der Waals surface area contributed by atoms with E-state index < -0.39 is 0 Å². The molecule has 0 aromatic carbocycles. The summed E-state index contributed by atoms with van der Waals surface area (Å²) in [6.45, 7) is 0.522.